The number of H-pyrrole nitrogens is 1. The highest BCUT2D eigenvalue weighted by Crippen LogP contribution is 2.16. The molecule has 0 aliphatic rings. The normalized spacial score (nSPS) is 12.2. The maximum Gasteiger partial charge on any atom is 0.251 e. The summed E-state index contributed by atoms with van der Waals surface area (Å²) in [6.45, 7) is 7.95. The van der Waals surface area contributed by atoms with E-state index >= 15 is 0 Å². The fourth-order valence-electron chi connectivity index (χ4n) is 2.86. The van der Waals surface area contributed by atoms with Gasteiger partial charge in [0.2, 0.25) is 0 Å². The molecule has 0 aliphatic heterocycles. The van der Waals surface area contributed by atoms with Gasteiger partial charge in [-0.1, -0.05) is 6.92 Å². The lowest BCUT2D eigenvalue weighted by atomic mass is 10.1. The molecule has 0 fully saturated rings. The van der Waals surface area contributed by atoms with Crippen molar-refractivity contribution in [1.82, 2.24) is 25.1 Å². The molecule has 0 aliphatic carbocycles. The zero-order chi connectivity index (χ0) is 18.0. The number of carbonyl (C=O) groups is 1. The molecule has 6 nitrogen and oxygen atoms in total. The van der Waals surface area contributed by atoms with E-state index in [2.05, 4.69) is 20.4 Å². The first-order chi connectivity index (χ1) is 12.0. The smallest absolute Gasteiger partial charge is 0.251 e. The van der Waals surface area contributed by atoms with Crippen molar-refractivity contribution in [1.29, 1.82) is 0 Å². The fraction of sp³-hybridized carbons (Fsp3) is 0.316. The summed E-state index contributed by atoms with van der Waals surface area (Å²) in [7, 11) is 0. The molecular formula is C19H23N5O. The maximum atomic E-state index is 12.5. The molecule has 2 aromatic heterocycles. The number of aromatic nitrogens is 4. The van der Waals surface area contributed by atoms with Crippen molar-refractivity contribution in [3.05, 3.63) is 65.0 Å². The van der Waals surface area contributed by atoms with Crippen LogP contribution in [0.1, 0.15) is 52.7 Å². The molecule has 1 aromatic carbocycles. The Morgan fingerprint density at radius 2 is 1.96 bits per heavy atom. The molecule has 0 bridgehead atoms. The monoisotopic (exact) mass is 337 g/mol. The van der Waals surface area contributed by atoms with Crippen LogP contribution in [0.3, 0.4) is 0 Å². The number of amides is 1. The lowest BCUT2D eigenvalue weighted by molar-refractivity contribution is 0.0934. The summed E-state index contributed by atoms with van der Waals surface area (Å²) in [5.41, 5.74) is 4.58. The molecule has 0 saturated carbocycles. The van der Waals surface area contributed by atoms with Gasteiger partial charge >= 0.3 is 0 Å². The van der Waals surface area contributed by atoms with E-state index in [1.807, 2.05) is 62.7 Å². The Labute approximate surface area is 147 Å². The highest BCUT2D eigenvalue weighted by molar-refractivity contribution is 5.94. The largest absolute Gasteiger partial charge is 0.344 e. The number of carbonyl (C=O) groups excluding carboxylic acids is 1. The van der Waals surface area contributed by atoms with E-state index < -0.39 is 0 Å². The van der Waals surface area contributed by atoms with Crippen molar-refractivity contribution in [2.75, 3.05) is 0 Å². The summed E-state index contributed by atoms with van der Waals surface area (Å²) in [5, 5.41) is 7.49. The van der Waals surface area contributed by atoms with E-state index in [9.17, 15) is 4.79 Å². The Morgan fingerprint density at radius 3 is 2.48 bits per heavy atom. The number of aromatic amines is 1. The van der Waals surface area contributed by atoms with Gasteiger partial charge in [-0.25, -0.2) is 9.67 Å². The first-order valence-electron chi connectivity index (χ1n) is 8.44. The van der Waals surface area contributed by atoms with Crippen LogP contribution in [-0.4, -0.2) is 25.7 Å². The van der Waals surface area contributed by atoms with Crippen LogP contribution in [-0.2, 0) is 0 Å². The Hall–Kier alpha value is -2.89. The number of nitrogens with zero attached hydrogens (tertiary/aromatic N) is 3. The molecule has 130 valence electrons. The molecule has 2 N–H and O–H groups in total. The lowest BCUT2D eigenvalue weighted by Crippen LogP contribution is -2.28. The highest BCUT2D eigenvalue weighted by Gasteiger charge is 2.16. The van der Waals surface area contributed by atoms with Gasteiger partial charge < -0.3 is 10.3 Å². The Bertz CT molecular complexity index is 876. The van der Waals surface area contributed by atoms with E-state index in [-0.39, 0.29) is 11.9 Å². The van der Waals surface area contributed by atoms with Crippen LogP contribution >= 0.6 is 0 Å². The molecule has 3 aromatic rings. The number of nitrogens with one attached hydrogen (secondary N) is 2. The van der Waals surface area contributed by atoms with Gasteiger partial charge in [-0.15, -0.1) is 0 Å². The standard InChI is InChI=1S/C19H23N5O/c1-5-17(18-20-11-13(3)21-18)22-19(25)15-6-8-16(9-7-15)24-14(4)10-12(2)23-24/h6-11,17H,5H2,1-4H3,(H,20,21)(H,22,25)/t17-/m1/s1. The van der Waals surface area contributed by atoms with E-state index in [1.165, 1.54) is 0 Å². The van der Waals surface area contributed by atoms with Crippen LogP contribution in [0.5, 0.6) is 0 Å². The molecule has 0 radical (unpaired) electrons. The molecule has 2 heterocycles. The van der Waals surface area contributed by atoms with Gasteiger partial charge in [0.25, 0.3) is 5.91 Å². The number of hydrogen-bond donors (Lipinski definition) is 2. The van der Waals surface area contributed by atoms with Crippen molar-refractivity contribution in [3.8, 4) is 5.69 Å². The molecule has 0 saturated heterocycles. The second-order valence-corrected chi connectivity index (χ2v) is 6.27. The molecule has 6 heteroatoms. The zero-order valence-electron chi connectivity index (χ0n) is 15.0. The minimum Gasteiger partial charge on any atom is -0.344 e. The summed E-state index contributed by atoms with van der Waals surface area (Å²) in [4.78, 5) is 20.0. The van der Waals surface area contributed by atoms with Gasteiger partial charge in [0.15, 0.2) is 0 Å². The predicted octanol–water partition coefficient (Wildman–Crippen LogP) is 3.40. The van der Waals surface area contributed by atoms with Crippen LogP contribution in [0, 0.1) is 20.8 Å². The Kier molecular flexibility index (Phi) is 4.70. The van der Waals surface area contributed by atoms with Gasteiger partial charge in [-0.3, -0.25) is 4.79 Å². The topological polar surface area (TPSA) is 75.6 Å². The lowest BCUT2D eigenvalue weighted by Gasteiger charge is -2.15. The fourth-order valence-corrected chi connectivity index (χ4v) is 2.86. The minimum absolute atomic E-state index is 0.110. The van der Waals surface area contributed by atoms with Crippen molar-refractivity contribution in [2.45, 2.75) is 40.2 Å². The number of rotatable bonds is 5. The van der Waals surface area contributed by atoms with Crippen molar-refractivity contribution < 1.29 is 4.79 Å². The van der Waals surface area contributed by atoms with E-state index in [1.54, 1.807) is 6.20 Å². The quantitative estimate of drug-likeness (QED) is 0.749. The van der Waals surface area contributed by atoms with Gasteiger partial charge in [0.05, 0.1) is 17.4 Å². The average molecular weight is 337 g/mol. The number of benzene rings is 1. The number of hydrogen-bond acceptors (Lipinski definition) is 3. The summed E-state index contributed by atoms with van der Waals surface area (Å²) in [6.07, 6.45) is 2.54. The second kappa shape index (κ2) is 6.93. The summed E-state index contributed by atoms with van der Waals surface area (Å²) < 4.78 is 1.87. The van der Waals surface area contributed by atoms with Gasteiger partial charge in [0.1, 0.15) is 5.82 Å². The molecule has 0 spiro atoms. The third-order valence-corrected chi connectivity index (χ3v) is 4.15. The van der Waals surface area contributed by atoms with Crippen LogP contribution in [0.15, 0.2) is 36.5 Å². The van der Waals surface area contributed by atoms with Crippen LogP contribution in [0.2, 0.25) is 0 Å². The predicted molar refractivity (Wildman–Crippen MR) is 96.9 cm³/mol. The molecular weight excluding hydrogens is 314 g/mol. The highest BCUT2D eigenvalue weighted by atomic mass is 16.1. The summed E-state index contributed by atoms with van der Waals surface area (Å²) in [6, 6.07) is 9.36. The number of aryl methyl sites for hydroxylation is 3. The van der Waals surface area contributed by atoms with Crippen molar-refractivity contribution in [3.63, 3.8) is 0 Å². The van der Waals surface area contributed by atoms with Crippen molar-refractivity contribution >= 4 is 5.91 Å². The maximum absolute atomic E-state index is 12.5. The Morgan fingerprint density at radius 1 is 1.24 bits per heavy atom. The second-order valence-electron chi connectivity index (χ2n) is 6.27. The van der Waals surface area contributed by atoms with Crippen LogP contribution < -0.4 is 5.32 Å². The third-order valence-electron chi connectivity index (χ3n) is 4.15. The van der Waals surface area contributed by atoms with Crippen LogP contribution in [0.4, 0.5) is 0 Å². The molecule has 1 atom stereocenters. The third kappa shape index (κ3) is 3.63. The molecule has 25 heavy (non-hydrogen) atoms. The van der Waals surface area contributed by atoms with Gasteiger partial charge in [-0.2, -0.15) is 5.10 Å². The average Bonchev–Trinajstić information content (AvgIpc) is 3.17. The van der Waals surface area contributed by atoms with E-state index in [0.717, 1.165) is 35.0 Å². The molecule has 1 amide bonds. The first-order valence-corrected chi connectivity index (χ1v) is 8.44. The molecule has 3 rings (SSSR count). The van der Waals surface area contributed by atoms with Gasteiger partial charge in [-0.05, 0) is 57.5 Å². The van der Waals surface area contributed by atoms with E-state index in [0.29, 0.717) is 5.56 Å². The minimum atomic E-state index is -0.128. The summed E-state index contributed by atoms with van der Waals surface area (Å²) in [5.74, 6) is 0.674. The number of imidazole rings is 1. The summed E-state index contributed by atoms with van der Waals surface area (Å²) >= 11 is 0. The molecule has 0 unspecified atom stereocenters. The Balaban J connectivity index is 1.75. The van der Waals surface area contributed by atoms with E-state index in [4.69, 9.17) is 0 Å². The zero-order valence-corrected chi connectivity index (χ0v) is 15.0. The first kappa shape index (κ1) is 17.0. The van der Waals surface area contributed by atoms with Crippen molar-refractivity contribution in [2.24, 2.45) is 0 Å². The van der Waals surface area contributed by atoms with Gasteiger partial charge in [0, 0.05) is 23.1 Å². The van der Waals surface area contributed by atoms with Crippen LogP contribution in [0.25, 0.3) is 5.69 Å². The SMILES string of the molecule is CC[C@@H](NC(=O)c1ccc(-n2nc(C)cc2C)cc1)c1ncc(C)[nH]1.